The van der Waals surface area contributed by atoms with Gasteiger partial charge in [0.15, 0.2) is 5.78 Å². The number of hydrogen-bond donors (Lipinski definition) is 2. The summed E-state index contributed by atoms with van der Waals surface area (Å²) in [5.41, 5.74) is 1.99. The minimum absolute atomic E-state index is 0.0615. The lowest BCUT2D eigenvalue weighted by Gasteiger charge is -2.01. The molecule has 0 saturated carbocycles. The Morgan fingerprint density at radius 2 is 2.29 bits per heavy atom. The first-order valence-corrected chi connectivity index (χ1v) is 4.27. The lowest BCUT2D eigenvalue weighted by atomic mass is 10.1. The fourth-order valence-corrected chi connectivity index (χ4v) is 1.48. The monoisotopic (exact) mass is 191 g/mol. The number of carbonyl (C=O) groups is 2. The largest absolute Gasteiger partial charge is 0.388 e. The Morgan fingerprint density at radius 3 is 3.00 bits per heavy atom. The van der Waals surface area contributed by atoms with E-state index < -0.39 is 6.61 Å². The van der Waals surface area contributed by atoms with E-state index in [1.165, 1.54) is 0 Å². The average Bonchev–Trinajstić information content (AvgIpc) is 2.55. The van der Waals surface area contributed by atoms with Gasteiger partial charge in [-0.05, 0) is 11.6 Å². The summed E-state index contributed by atoms with van der Waals surface area (Å²) in [7, 11) is 0. The summed E-state index contributed by atoms with van der Waals surface area (Å²) in [6, 6.07) is 4.95. The van der Waals surface area contributed by atoms with Gasteiger partial charge in [-0.15, -0.1) is 0 Å². The zero-order valence-corrected chi connectivity index (χ0v) is 7.41. The second-order valence-corrected chi connectivity index (χ2v) is 3.18. The van der Waals surface area contributed by atoms with Gasteiger partial charge in [0.25, 0.3) is 0 Å². The maximum atomic E-state index is 11.1. The molecule has 0 unspecified atom stereocenters. The topological polar surface area (TPSA) is 66.4 Å². The molecule has 1 amide bonds. The SMILES string of the molecule is O=C1Cc2ccc(C(=O)CO)cc2N1. The fourth-order valence-electron chi connectivity index (χ4n) is 1.48. The van der Waals surface area contributed by atoms with Gasteiger partial charge in [0.05, 0.1) is 6.42 Å². The smallest absolute Gasteiger partial charge is 0.228 e. The second kappa shape index (κ2) is 3.23. The van der Waals surface area contributed by atoms with E-state index in [-0.39, 0.29) is 11.7 Å². The van der Waals surface area contributed by atoms with Gasteiger partial charge in [-0.3, -0.25) is 9.59 Å². The number of anilines is 1. The van der Waals surface area contributed by atoms with Crippen LogP contribution in [0.25, 0.3) is 0 Å². The molecule has 2 rings (SSSR count). The molecule has 1 aromatic rings. The van der Waals surface area contributed by atoms with Crippen LogP contribution < -0.4 is 5.32 Å². The lowest BCUT2D eigenvalue weighted by molar-refractivity contribution is -0.115. The van der Waals surface area contributed by atoms with Gasteiger partial charge in [0.1, 0.15) is 6.61 Å². The van der Waals surface area contributed by atoms with Gasteiger partial charge < -0.3 is 10.4 Å². The van der Waals surface area contributed by atoms with E-state index in [4.69, 9.17) is 5.11 Å². The van der Waals surface area contributed by atoms with Crippen molar-refractivity contribution in [1.29, 1.82) is 0 Å². The highest BCUT2D eigenvalue weighted by Crippen LogP contribution is 2.23. The van der Waals surface area contributed by atoms with Gasteiger partial charge in [-0.1, -0.05) is 12.1 Å². The molecule has 0 aliphatic carbocycles. The number of carbonyl (C=O) groups excluding carboxylic acids is 2. The fraction of sp³-hybridized carbons (Fsp3) is 0.200. The Morgan fingerprint density at radius 1 is 1.50 bits per heavy atom. The van der Waals surface area contributed by atoms with E-state index in [2.05, 4.69) is 5.32 Å². The summed E-state index contributed by atoms with van der Waals surface area (Å²) in [5, 5.41) is 11.3. The van der Waals surface area contributed by atoms with Crippen molar-refractivity contribution < 1.29 is 14.7 Å². The summed E-state index contributed by atoms with van der Waals surface area (Å²) < 4.78 is 0. The molecule has 1 aromatic carbocycles. The molecule has 14 heavy (non-hydrogen) atoms. The maximum absolute atomic E-state index is 11.1. The number of rotatable bonds is 2. The third kappa shape index (κ3) is 1.40. The van der Waals surface area contributed by atoms with Crippen molar-refractivity contribution >= 4 is 17.4 Å². The van der Waals surface area contributed by atoms with Crippen LogP contribution in [0.3, 0.4) is 0 Å². The number of nitrogens with one attached hydrogen (secondary N) is 1. The Hall–Kier alpha value is -1.68. The number of Topliss-reactive ketones (excluding diaryl/α,β-unsaturated/α-hetero) is 1. The van der Waals surface area contributed by atoms with Crippen LogP contribution in [0.15, 0.2) is 18.2 Å². The standard InChI is InChI=1S/C10H9NO3/c12-5-9(13)7-2-1-6-4-10(14)11-8(6)3-7/h1-3,12H,4-5H2,(H,11,14). The minimum atomic E-state index is -0.507. The van der Waals surface area contributed by atoms with Gasteiger partial charge in [-0.25, -0.2) is 0 Å². The molecule has 2 N–H and O–H groups in total. The average molecular weight is 191 g/mol. The molecule has 0 bridgehead atoms. The van der Waals surface area contributed by atoms with Crippen molar-refractivity contribution in [2.45, 2.75) is 6.42 Å². The van der Waals surface area contributed by atoms with E-state index >= 15 is 0 Å². The zero-order chi connectivity index (χ0) is 10.1. The van der Waals surface area contributed by atoms with Gasteiger partial charge in [0.2, 0.25) is 5.91 Å². The van der Waals surface area contributed by atoms with Gasteiger partial charge in [-0.2, -0.15) is 0 Å². The molecule has 4 nitrogen and oxygen atoms in total. The molecular formula is C10H9NO3. The summed E-state index contributed by atoms with van der Waals surface area (Å²) >= 11 is 0. The highest BCUT2D eigenvalue weighted by molar-refractivity contribution is 6.03. The highest BCUT2D eigenvalue weighted by atomic mass is 16.3. The summed E-state index contributed by atoms with van der Waals surface area (Å²) in [4.78, 5) is 22.1. The van der Waals surface area contributed by atoms with Crippen molar-refractivity contribution in [2.24, 2.45) is 0 Å². The molecule has 0 saturated heterocycles. The van der Waals surface area contributed by atoms with Crippen LogP contribution in [-0.2, 0) is 11.2 Å². The Bertz CT molecular complexity index is 412. The molecule has 1 aliphatic heterocycles. The molecule has 4 heteroatoms. The van der Waals surface area contributed by atoms with Crippen LogP contribution >= 0.6 is 0 Å². The van der Waals surface area contributed by atoms with Crippen LogP contribution in [0.2, 0.25) is 0 Å². The first-order chi connectivity index (χ1) is 6.70. The Kier molecular flexibility index (Phi) is 2.05. The molecule has 1 heterocycles. The van der Waals surface area contributed by atoms with Gasteiger partial charge in [0, 0.05) is 11.3 Å². The minimum Gasteiger partial charge on any atom is -0.388 e. The van der Waals surface area contributed by atoms with Crippen molar-refractivity contribution in [3.8, 4) is 0 Å². The van der Waals surface area contributed by atoms with Crippen molar-refractivity contribution in [2.75, 3.05) is 11.9 Å². The molecular weight excluding hydrogens is 182 g/mol. The summed E-state index contributed by atoms with van der Waals surface area (Å²) in [6.07, 6.45) is 0.364. The van der Waals surface area contributed by atoms with Crippen LogP contribution in [0.5, 0.6) is 0 Å². The zero-order valence-electron chi connectivity index (χ0n) is 7.41. The van der Waals surface area contributed by atoms with Crippen molar-refractivity contribution in [1.82, 2.24) is 0 Å². The van der Waals surface area contributed by atoms with Crippen LogP contribution in [-0.4, -0.2) is 23.4 Å². The highest BCUT2D eigenvalue weighted by Gasteiger charge is 2.18. The number of amides is 1. The second-order valence-electron chi connectivity index (χ2n) is 3.18. The number of benzene rings is 1. The number of ketones is 1. The predicted molar refractivity (Wildman–Crippen MR) is 50.2 cm³/mol. The third-order valence-electron chi connectivity index (χ3n) is 2.20. The van der Waals surface area contributed by atoms with E-state index in [1.54, 1.807) is 18.2 Å². The van der Waals surface area contributed by atoms with Crippen LogP contribution in [0, 0.1) is 0 Å². The van der Waals surface area contributed by atoms with Gasteiger partial charge >= 0.3 is 0 Å². The summed E-state index contributed by atoms with van der Waals surface area (Å²) in [5.74, 6) is -0.400. The predicted octanol–water partition coefficient (Wildman–Crippen LogP) is 0.356. The van der Waals surface area contributed by atoms with E-state index in [1.807, 2.05) is 0 Å². The molecule has 72 valence electrons. The number of aliphatic hydroxyl groups excluding tert-OH is 1. The van der Waals surface area contributed by atoms with Crippen molar-refractivity contribution in [3.63, 3.8) is 0 Å². The number of hydrogen-bond acceptors (Lipinski definition) is 3. The molecule has 0 atom stereocenters. The van der Waals surface area contributed by atoms with E-state index in [9.17, 15) is 9.59 Å². The van der Waals surface area contributed by atoms with Crippen LogP contribution in [0.4, 0.5) is 5.69 Å². The first kappa shape index (κ1) is 8.90. The van der Waals surface area contributed by atoms with Crippen LogP contribution in [0.1, 0.15) is 15.9 Å². The molecule has 0 radical (unpaired) electrons. The Balaban J connectivity index is 2.37. The first-order valence-electron chi connectivity index (χ1n) is 4.27. The molecule has 0 aromatic heterocycles. The third-order valence-corrected chi connectivity index (χ3v) is 2.20. The number of fused-ring (bicyclic) bond motifs is 1. The van der Waals surface area contributed by atoms with E-state index in [0.29, 0.717) is 17.7 Å². The molecule has 0 spiro atoms. The summed E-state index contributed by atoms with van der Waals surface area (Å²) in [6.45, 7) is -0.507. The quantitative estimate of drug-likeness (QED) is 0.663. The van der Waals surface area contributed by atoms with Crippen molar-refractivity contribution in [3.05, 3.63) is 29.3 Å². The lowest BCUT2D eigenvalue weighted by Crippen LogP contribution is -2.05. The maximum Gasteiger partial charge on any atom is 0.228 e. The number of aliphatic hydroxyl groups is 1. The molecule has 1 aliphatic rings. The van der Waals surface area contributed by atoms with E-state index in [0.717, 1.165) is 5.56 Å². The Labute approximate surface area is 80.6 Å². The normalized spacial score (nSPS) is 13.6. The molecule has 0 fully saturated rings.